The summed E-state index contributed by atoms with van der Waals surface area (Å²) in [4.78, 5) is 0. The lowest BCUT2D eigenvalue weighted by Gasteiger charge is -2.22. The van der Waals surface area contributed by atoms with Crippen molar-refractivity contribution in [3.05, 3.63) is 11.1 Å². The summed E-state index contributed by atoms with van der Waals surface area (Å²) in [6.07, 6.45) is 6.98. The predicted molar refractivity (Wildman–Crippen MR) is 98.6 cm³/mol. The fourth-order valence-electron chi connectivity index (χ4n) is 2.66. The van der Waals surface area contributed by atoms with E-state index in [1.165, 1.54) is 0 Å². The van der Waals surface area contributed by atoms with Crippen LogP contribution in [0.4, 0.5) is 0 Å². The second-order valence-electron chi connectivity index (χ2n) is 6.22. The summed E-state index contributed by atoms with van der Waals surface area (Å²) in [5.74, 6) is 1.18. The Morgan fingerprint density at radius 2 is 1.00 bits per heavy atom. The van der Waals surface area contributed by atoms with E-state index in [1.54, 1.807) is 0 Å². The Hall–Kier alpha value is -1.58. The maximum absolute atomic E-state index is 10.5. The fraction of sp³-hybridized carbons (Fsp3) is 0.700. The number of hydrogen-bond donors (Lipinski definition) is 2. The van der Waals surface area contributed by atoms with Crippen LogP contribution in [0.15, 0.2) is 0 Å². The normalized spacial score (nSPS) is 10.8. The first-order chi connectivity index (χ1) is 11.6. The Balaban J connectivity index is 3.43. The van der Waals surface area contributed by atoms with Crippen LogP contribution in [0, 0.1) is 0 Å². The van der Waals surface area contributed by atoms with Crippen LogP contribution in [-0.2, 0) is 12.8 Å². The standard InChI is InChI=1S/C20H34O4/c1-5-9-11-15-17(21)18(22)16(12-10-6-2)20(24-14-8-4)19(15)23-13-7-3/h21-22H,5-14H2,1-4H3. The van der Waals surface area contributed by atoms with Gasteiger partial charge in [0.15, 0.2) is 23.0 Å². The van der Waals surface area contributed by atoms with Gasteiger partial charge in [-0.1, -0.05) is 40.5 Å². The van der Waals surface area contributed by atoms with Gasteiger partial charge in [-0.2, -0.15) is 0 Å². The van der Waals surface area contributed by atoms with Crippen molar-refractivity contribution in [1.82, 2.24) is 0 Å². The van der Waals surface area contributed by atoms with Gasteiger partial charge in [0, 0.05) is 11.1 Å². The summed E-state index contributed by atoms with van der Waals surface area (Å²) >= 11 is 0. The summed E-state index contributed by atoms with van der Waals surface area (Å²) in [6.45, 7) is 9.45. The number of phenols is 2. The molecule has 0 amide bonds. The minimum absolute atomic E-state index is 0.0375. The lowest BCUT2D eigenvalue weighted by molar-refractivity contribution is 0.258. The SMILES string of the molecule is CCCCc1c(O)c(O)c(CCCC)c(OCCC)c1OCCC. The van der Waals surface area contributed by atoms with E-state index in [9.17, 15) is 10.2 Å². The summed E-state index contributed by atoms with van der Waals surface area (Å²) in [5, 5.41) is 21.1. The Morgan fingerprint density at radius 3 is 1.29 bits per heavy atom. The van der Waals surface area contributed by atoms with E-state index < -0.39 is 0 Å². The van der Waals surface area contributed by atoms with Gasteiger partial charge in [-0.25, -0.2) is 0 Å². The van der Waals surface area contributed by atoms with E-state index >= 15 is 0 Å². The Morgan fingerprint density at radius 1 is 0.625 bits per heavy atom. The van der Waals surface area contributed by atoms with Crippen LogP contribution >= 0.6 is 0 Å². The first kappa shape index (κ1) is 20.5. The van der Waals surface area contributed by atoms with Crippen molar-refractivity contribution in [3.63, 3.8) is 0 Å². The number of ether oxygens (including phenoxy) is 2. The average molecular weight is 338 g/mol. The predicted octanol–water partition coefficient (Wildman–Crippen LogP) is 5.36. The monoisotopic (exact) mass is 338 g/mol. The molecule has 0 saturated heterocycles. The minimum Gasteiger partial charge on any atom is -0.504 e. The van der Waals surface area contributed by atoms with Gasteiger partial charge in [0.1, 0.15) is 0 Å². The van der Waals surface area contributed by atoms with Gasteiger partial charge in [-0.15, -0.1) is 0 Å². The van der Waals surface area contributed by atoms with Gasteiger partial charge in [0.2, 0.25) is 0 Å². The van der Waals surface area contributed by atoms with E-state index in [0.717, 1.165) is 38.5 Å². The molecule has 0 saturated carbocycles. The molecule has 0 fully saturated rings. The van der Waals surface area contributed by atoms with Crippen LogP contribution in [0.25, 0.3) is 0 Å². The Labute approximate surface area is 146 Å². The molecule has 0 unspecified atom stereocenters. The highest BCUT2D eigenvalue weighted by Gasteiger charge is 2.25. The van der Waals surface area contributed by atoms with E-state index in [0.29, 0.717) is 48.7 Å². The maximum Gasteiger partial charge on any atom is 0.168 e. The molecule has 138 valence electrons. The van der Waals surface area contributed by atoms with E-state index in [1.807, 2.05) is 0 Å². The third-order valence-corrected chi connectivity index (χ3v) is 4.01. The van der Waals surface area contributed by atoms with Crippen molar-refractivity contribution in [2.45, 2.75) is 79.1 Å². The molecule has 0 aromatic heterocycles. The number of unbranched alkanes of at least 4 members (excludes halogenated alkanes) is 2. The van der Waals surface area contributed by atoms with Crippen molar-refractivity contribution in [2.75, 3.05) is 13.2 Å². The Kier molecular flexibility index (Phi) is 9.43. The molecule has 1 rings (SSSR count). The smallest absolute Gasteiger partial charge is 0.168 e. The van der Waals surface area contributed by atoms with Gasteiger partial charge in [-0.3, -0.25) is 0 Å². The van der Waals surface area contributed by atoms with Crippen LogP contribution in [0.2, 0.25) is 0 Å². The number of hydrogen-bond acceptors (Lipinski definition) is 4. The number of benzene rings is 1. The molecule has 0 aliphatic carbocycles. The van der Waals surface area contributed by atoms with Crippen molar-refractivity contribution >= 4 is 0 Å². The molecule has 0 heterocycles. The maximum atomic E-state index is 10.5. The average Bonchev–Trinajstić information content (AvgIpc) is 2.59. The molecule has 0 aliphatic heterocycles. The van der Waals surface area contributed by atoms with Gasteiger partial charge in [0.05, 0.1) is 13.2 Å². The van der Waals surface area contributed by atoms with E-state index in [2.05, 4.69) is 27.7 Å². The number of phenolic OH excluding ortho intramolecular Hbond substituents is 2. The van der Waals surface area contributed by atoms with Crippen LogP contribution < -0.4 is 9.47 Å². The first-order valence-corrected chi connectivity index (χ1v) is 9.47. The highest BCUT2D eigenvalue weighted by Crippen LogP contribution is 2.49. The highest BCUT2D eigenvalue weighted by molar-refractivity contribution is 5.65. The zero-order valence-corrected chi connectivity index (χ0v) is 15.8. The summed E-state index contributed by atoms with van der Waals surface area (Å²) in [7, 11) is 0. The molecular weight excluding hydrogens is 304 g/mol. The molecule has 4 nitrogen and oxygen atoms in total. The molecular formula is C20H34O4. The Bertz CT molecular complexity index is 452. The van der Waals surface area contributed by atoms with Crippen molar-refractivity contribution in [3.8, 4) is 23.0 Å². The summed E-state index contributed by atoms with van der Waals surface area (Å²) < 4.78 is 11.9. The van der Waals surface area contributed by atoms with Crippen molar-refractivity contribution < 1.29 is 19.7 Å². The van der Waals surface area contributed by atoms with Crippen LogP contribution in [0.1, 0.15) is 77.3 Å². The molecule has 1 aromatic carbocycles. The van der Waals surface area contributed by atoms with Crippen molar-refractivity contribution in [1.29, 1.82) is 0 Å². The second kappa shape index (κ2) is 11.1. The zero-order chi connectivity index (χ0) is 17.9. The summed E-state index contributed by atoms with van der Waals surface area (Å²) in [5.41, 5.74) is 1.35. The first-order valence-electron chi connectivity index (χ1n) is 9.47. The second-order valence-corrected chi connectivity index (χ2v) is 6.22. The zero-order valence-electron chi connectivity index (χ0n) is 15.8. The number of rotatable bonds is 12. The molecule has 1 aromatic rings. The fourth-order valence-corrected chi connectivity index (χ4v) is 2.66. The van der Waals surface area contributed by atoms with E-state index in [-0.39, 0.29) is 11.5 Å². The lowest BCUT2D eigenvalue weighted by atomic mass is 9.98. The van der Waals surface area contributed by atoms with Gasteiger partial charge >= 0.3 is 0 Å². The summed E-state index contributed by atoms with van der Waals surface area (Å²) in [6, 6.07) is 0. The van der Waals surface area contributed by atoms with Crippen LogP contribution in [-0.4, -0.2) is 23.4 Å². The third kappa shape index (κ3) is 5.22. The quantitative estimate of drug-likeness (QED) is 0.504. The van der Waals surface area contributed by atoms with Crippen LogP contribution in [0.5, 0.6) is 23.0 Å². The molecule has 4 heteroatoms. The van der Waals surface area contributed by atoms with Gasteiger partial charge < -0.3 is 19.7 Å². The molecule has 0 aliphatic rings. The molecule has 2 N–H and O–H groups in total. The highest BCUT2D eigenvalue weighted by atomic mass is 16.5. The third-order valence-electron chi connectivity index (χ3n) is 4.01. The van der Waals surface area contributed by atoms with Gasteiger partial charge in [-0.05, 0) is 38.5 Å². The topological polar surface area (TPSA) is 58.9 Å². The van der Waals surface area contributed by atoms with E-state index in [4.69, 9.17) is 9.47 Å². The lowest BCUT2D eigenvalue weighted by Crippen LogP contribution is -2.08. The minimum atomic E-state index is -0.0375. The van der Waals surface area contributed by atoms with Crippen molar-refractivity contribution in [2.24, 2.45) is 0 Å². The number of aromatic hydroxyl groups is 2. The van der Waals surface area contributed by atoms with Gasteiger partial charge in [0.25, 0.3) is 0 Å². The molecule has 0 spiro atoms. The molecule has 0 bridgehead atoms. The molecule has 0 radical (unpaired) electrons. The van der Waals surface area contributed by atoms with Crippen LogP contribution in [0.3, 0.4) is 0 Å². The largest absolute Gasteiger partial charge is 0.504 e. The molecule has 24 heavy (non-hydrogen) atoms. The molecule has 0 atom stereocenters.